The van der Waals surface area contributed by atoms with E-state index in [2.05, 4.69) is 5.32 Å². The van der Waals surface area contributed by atoms with Crippen molar-refractivity contribution in [2.75, 3.05) is 6.54 Å². The minimum absolute atomic E-state index is 0.104. The van der Waals surface area contributed by atoms with Crippen LogP contribution in [0, 0.1) is 11.7 Å². The molecule has 0 aliphatic heterocycles. The van der Waals surface area contributed by atoms with Gasteiger partial charge in [0.15, 0.2) is 5.78 Å². The van der Waals surface area contributed by atoms with Crippen molar-refractivity contribution in [1.82, 2.24) is 5.32 Å². The summed E-state index contributed by atoms with van der Waals surface area (Å²) in [5, 5.41) is 2.95. The first kappa shape index (κ1) is 15.6. The number of ketones is 1. The van der Waals surface area contributed by atoms with E-state index in [0.29, 0.717) is 18.0 Å². The lowest BCUT2D eigenvalue weighted by Crippen LogP contribution is -2.33. The van der Waals surface area contributed by atoms with E-state index in [-0.39, 0.29) is 36.4 Å². The summed E-state index contributed by atoms with van der Waals surface area (Å²) in [5.41, 5.74) is 6.05. The molecular formula is C16H21FN2O2. The maximum absolute atomic E-state index is 12.8. The first-order chi connectivity index (χ1) is 10.1. The van der Waals surface area contributed by atoms with E-state index >= 15 is 0 Å². The maximum Gasteiger partial charge on any atom is 0.220 e. The van der Waals surface area contributed by atoms with Crippen LogP contribution < -0.4 is 11.1 Å². The largest absolute Gasteiger partial charge is 0.353 e. The molecule has 2 atom stereocenters. The first-order valence-electron chi connectivity index (χ1n) is 7.36. The summed E-state index contributed by atoms with van der Waals surface area (Å²) in [6.07, 6.45) is 3.24. The Bertz CT molecular complexity index is 502. The molecule has 2 unspecified atom stereocenters. The first-order valence-corrected chi connectivity index (χ1v) is 7.36. The highest BCUT2D eigenvalue weighted by molar-refractivity contribution is 5.97. The lowest BCUT2D eigenvalue weighted by atomic mass is 10.1. The normalized spacial score (nSPS) is 21.2. The van der Waals surface area contributed by atoms with Crippen molar-refractivity contribution in [3.63, 3.8) is 0 Å². The second kappa shape index (κ2) is 7.31. The monoisotopic (exact) mass is 292 g/mol. The fraction of sp³-hybridized carbons (Fsp3) is 0.500. The van der Waals surface area contributed by atoms with Gasteiger partial charge in [0, 0.05) is 24.4 Å². The number of Topliss-reactive ketones (excluding diaryl/α,β-unsaturated/α-hetero) is 1. The van der Waals surface area contributed by atoms with Crippen molar-refractivity contribution in [2.45, 2.75) is 38.1 Å². The third-order valence-electron chi connectivity index (χ3n) is 3.98. The molecule has 0 radical (unpaired) electrons. The predicted molar refractivity (Wildman–Crippen MR) is 78.3 cm³/mol. The van der Waals surface area contributed by atoms with E-state index < -0.39 is 0 Å². The van der Waals surface area contributed by atoms with Gasteiger partial charge in [0.2, 0.25) is 5.91 Å². The van der Waals surface area contributed by atoms with Gasteiger partial charge in [-0.15, -0.1) is 0 Å². The molecule has 1 saturated carbocycles. The van der Waals surface area contributed by atoms with Crippen LogP contribution in [0.1, 0.15) is 42.5 Å². The van der Waals surface area contributed by atoms with Gasteiger partial charge in [-0.05, 0) is 56.0 Å². The minimum atomic E-state index is -0.375. The lowest BCUT2D eigenvalue weighted by molar-refractivity contribution is -0.121. The van der Waals surface area contributed by atoms with E-state index in [1.165, 1.54) is 24.3 Å². The van der Waals surface area contributed by atoms with Gasteiger partial charge in [0.25, 0.3) is 0 Å². The van der Waals surface area contributed by atoms with E-state index in [1.54, 1.807) is 0 Å². The fourth-order valence-corrected chi connectivity index (χ4v) is 2.73. The van der Waals surface area contributed by atoms with Crippen LogP contribution in [-0.4, -0.2) is 24.3 Å². The topological polar surface area (TPSA) is 72.2 Å². The van der Waals surface area contributed by atoms with E-state index in [1.807, 2.05) is 0 Å². The zero-order valence-corrected chi connectivity index (χ0v) is 12.0. The Morgan fingerprint density at radius 3 is 2.52 bits per heavy atom. The van der Waals surface area contributed by atoms with Crippen LogP contribution in [0.15, 0.2) is 24.3 Å². The summed E-state index contributed by atoms with van der Waals surface area (Å²) in [7, 11) is 0. The Morgan fingerprint density at radius 1 is 1.19 bits per heavy atom. The van der Waals surface area contributed by atoms with Gasteiger partial charge in [0.1, 0.15) is 5.82 Å². The number of nitrogens with two attached hydrogens (primary N) is 1. The third-order valence-corrected chi connectivity index (χ3v) is 3.98. The number of hydrogen-bond acceptors (Lipinski definition) is 3. The number of carbonyl (C=O) groups excluding carboxylic acids is 2. The molecule has 0 heterocycles. The molecule has 1 aromatic rings. The quantitative estimate of drug-likeness (QED) is 0.788. The summed E-state index contributed by atoms with van der Waals surface area (Å²) in [4.78, 5) is 23.7. The number of carbonyl (C=O) groups is 2. The van der Waals surface area contributed by atoms with Crippen molar-refractivity contribution in [3.8, 4) is 0 Å². The number of amides is 1. The van der Waals surface area contributed by atoms with Crippen LogP contribution in [0.2, 0.25) is 0 Å². The Labute approximate surface area is 123 Å². The molecule has 2 rings (SSSR count). The molecule has 0 spiro atoms. The Morgan fingerprint density at radius 2 is 1.90 bits per heavy atom. The Kier molecular flexibility index (Phi) is 5.44. The molecule has 0 bridgehead atoms. The van der Waals surface area contributed by atoms with Crippen LogP contribution in [0.3, 0.4) is 0 Å². The highest BCUT2D eigenvalue weighted by atomic mass is 19.1. The zero-order valence-electron chi connectivity index (χ0n) is 12.0. The fourth-order valence-electron chi connectivity index (χ4n) is 2.73. The highest BCUT2D eigenvalue weighted by Gasteiger charge is 2.24. The molecular weight excluding hydrogens is 271 g/mol. The van der Waals surface area contributed by atoms with Gasteiger partial charge in [-0.3, -0.25) is 9.59 Å². The van der Waals surface area contributed by atoms with Crippen LogP contribution in [0.25, 0.3) is 0 Å². The number of hydrogen-bond donors (Lipinski definition) is 2. The Balaban J connectivity index is 1.74. The second-order valence-electron chi connectivity index (χ2n) is 5.61. The molecule has 114 valence electrons. The van der Waals surface area contributed by atoms with Gasteiger partial charge in [-0.25, -0.2) is 4.39 Å². The maximum atomic E-state index is 12.8. The van der Waals surface area contributed by atoms with E-state index in [0.717, 1.165) is 19.3 Å². The van der Waals surface area contributed by atoms with Gasteiger partial charge in [0.05, 0.1) is 0 Å². The molecule has 1 fully saturated rings. The van der Waals surface area contributed by atoms with Crippen LogP contribution in [0.5, 0.6) is 0 Å². The Hall–Kier alpha value is -1.75. The summed E-state index contributed by atoms with van der Waals surface area (Å²) in [6, 6.07) is 5.57. The van der Waals surface area contributed by atoms with Crippen LogP contribution >= 0.6 is 0 Å². The number of nitrogens with one attached hydrogen (secondary N) is 1. The van der Waals surface area contributed by atoms with Crippen molar-refractivity contribution < 1.29 is 14.0 Å². The summed E-state index contributed by atoms with van der Waals surface area (Å²) >= 11 is 0. The average Bonchev–Trinajstić information content (AvgIpc) is 2.93. The minimum Gasteiger partial charge on any atom is -0.353 e. The standard InChI is InChI=1S/C16H21FN2O2/c17-13-4-2-12(3-5-13)15(20)7-8-16(21)19-14-6-1-11(9-14)10-18/h2-5,11,14H,1,6-10,18H2,(H,19,21). The third kappa shape index (κ3) is 4.63. The van der Waals surface area contributed by atoms with Crippen LogP contribution in [0.4, 0.5) is 4.39 Å². The average molecular weight is 292 g/mol. The smallest absolute Gasteiger partial charge is 0.220 e. The van der Waals surface area contributed by atoms with Crippen molar-refractivity contribution in [2.24, 2.45) is 11.7 Å². The molecule has 1 amide bonds. The van der Waals surface area contributed by atoms with E-state index in [4.69, 9.17) is 5.73 Å². The highest BCUT2D eigenvalue weighted by Crippen LogP contribution is 2.24. The van der Waals surface area contributed by atoms with Gasteiger partial charge in [-0.1, -0.05) is 0 Å². The molecule has 21 heavy (non-hydrogen) atoms. The lowest BCUT2D eigenvalue weighted by Gasteiger charge is -2.12. The van der Waals surface area contributed by atoms with Gasteiger partial charge < -0.3 is 11.1 Å². The number of rotatable bonds is 6. The van der Waals surface area contributed by atoms with Crippen molar-refractivity contribution in [1.29, 1.82) is 0 Å². The molecule has 1 aliphatic rings. The SMILES string of the molecule is NCC1CCC(NC(=O)CCC(=O)c2ccc(F)cc2)C1. The van der Waals surface area contributed by atoms with E-state index in [9.17, 15) is 14.0 Å². The summed E-state index contributed by atoms with van der Waals surface area (Å²) in [5.74, 6) is -0.124. The molecule has 0 saturated heterocycles. The van der Waals surface area contributed by atoms with Gasteiger partial charge >= 0.3 is 0 Å². The molecule has 1 aromatic carbocycles. The summed E-state index contributed by atoms with van der Waals surface area (Å²) < 4.78 is 12.8. The predicted octanol–water partition coefficient (Wildman–Crippen LogP) is 2.03. The molecule has 5 heteroatoms. The second-order valence-corrected chi connectivity index (χ2v) is 5.61. The molecule has 3 N–H and O–H groups in total. The van der Waals surface area contributed by atoms with Crippen molar-refractivity contribution >= 4 is 11.7 Å². The van der Waals surface area contributed by atoms with Crippen molar-refractivity contribution in [3.05, 3.63) is 35.6 Å². The van der Waals surface area contributed by atoms with Gasteiger partial charge in [-0.2, -0.15) is 0 Å². The molecule has 1 aliphatic carbocycles. The number of benzene rings is 1. The van der Waals surface area contributed by atoms with Crippen LogP contribution in [-0.2, 0) is 4.79 Å². The zero-order chi connectivity index (χ0) is 15.2. The molecule has 4 nitrogen and oxygen atoms in total. The summed E-state index contributed by atoms with van der Waals surface area (Å²) in [6.45, 7) is 0.662. The molecule has 0 aromatic heterocycles. The number of halogens is 1.